The highest BCUT2D eigenvalue weighted by Gasteiger charge is 2.05. The van der Waals surface area contributed by atoms with Crippen molar-refractivity contribution in [1.82, 2.24) is 9.97 Å². The van der Waals surface area contributed by atoms with Gasteiger partial charge in [0.05, 0.1) is 0 Å². The van der Waals surface area contributed by atoms with E-state index in [1.54, 1.807) is 12.1 Å². The zero-order valence-electron chi connectivity index (χ0n) is 9.65. The van der Waals surface area contributed by atoms with Gasteiger partial charge in [0, 0.05) is 22.5 Å². The third-order valence-electron chi connectivity index (χ3n) is 2.23. The zero-order valence-corrected chi connectivity index (χ0v) is 11.2. The number of thioether (sulfide) groups is 1. The Morgan fingerprint density at radius 2 is 2.11 bits per heavy atom. The lowest BCUT2D eigenvalue weighted by Gasteiger charge is -2.05. The van der Waals surface area contributed by atoms with Crippen LogP contribution < -0.4 is 5.73 Å². The predicted molar refractivity (Wildman–Crippen MR) is 72.2 cm³/mol. The molecule has 2 rings (SSSR count). The number of hydrogen-bond donors (Lipinski definition) is 1. The Morgan fingerprint density at radius 3 is 2.78 bits per heavy atom. The fourth-order valence-electron chi connectivity index (χ4n) is 1.41. The first-order chi connectivity index (χ1) is 8.54. The largest absolute Gasteiger partial charge is 0.384 e. The Hall–Kier alpha value is -1.33. The first kappa shape index (κ1) is 13.1. The van der Waals surface area contributed by atoms with Gasteiger partial charge < -0.3 is 5.73 Å². The summed E-state index contributed by atoms with van der Waals surface area (Å²) in [6.07, 6.45) is 0. The van der Waals surface area contributed by atoms with E-state index in [1.807, 2.05) is 6.92 Å². The minimum Gasteiger partial charge on any atom is -0.384 e. The molecule has 1 aromatic carbocycles. The van der Waals surface area contributed by atoms with E-state index in [9.17, 15) is 4.39 Å². The van der Waals surface area contributed by atoms with Crippen molar-refractivity contribution in [3.05, 3.63) is 46.4 Å². The summed E-state index contributed by atoms with van der Waals surface area (Å²) in [7, 11) is 0. The molecule has 1 heterocycles. The van der Waals surface area contributed by atoms with Gasteiger partial charge in [-0.2, -0.15) is 0 Å². The molecule has 18 heavy (non-hydrogen) atoms. The van der Waals surface area contributed by atoms with Crippen LogP contribution in [0.4, 0.5) is 10.2 Å². The molecule has 2 aromatic rings. The topological polar surface area (TPSA) is 51.8 Å². The maximum atomic E-state index is 12.9. The molecule has 0 radical (unpaired) electrons. The van der Waals surface area contributed by atoms with Gasteiger partial charge in [-0.15, -0.1) is 0 Å². The van der Waals surface area contributed by atoms with Crippen molar-refractivity contribution < 1.29 is 4.39 Å². The molecule has 0 aliphatic carbocycles. The Labute approximate surface area is 114 Å². The van der Waals surface area contributed by atoms with Crippen LogP contribution in [0.5, 0.6) is 0 Å². The van der Waals surface area contributed by atoms with Crippen molar-refractivity contribution in [3.63, 3.8) is 0 Å². The van der Waals surface area contributed by atoms with Crippen LogP contribution in [-0.4, -0.2) is 9.97 Å². The number of benzene rings is 1. The highest BCUT2D eigenvalue weighted by atomic mass is 35.5. The Bertz CT molecular complexity index is 557. The summed E-state index contributed by atoms with van der Waals surface area (Å²) in [5, 5.41) is 0.996. The van der Waals surface area contributed by atoms with Gasteiger partial charge in [0.25, 0.3) is 0 Å². The quantitative estimate of drug-likeness (QED) is 0.692. The molecule has 0 atom stereocenters. The number of aryl methyl sites for hydroxylation is 1. The van der Waals surface area contributed by atoms with Gasteiger partial charge in [0.2, 0.25) is 0 Å². The highest BCUT2D eigenvalue weighted by molar-refractivity contribution is 7.98. The first-order valence-electron chi connectivity index (χ1n) is 5.22. The van der Waals surface area contributed by atoms with E-state index in [2.05, 4.69) is 9.97 Å². The average Bonchev–Trinajstić information content (AvgIpc) is 2.26. The molecule has 0 spiro atoms. The van der Waals surface area contributed by atoms with Gasteiger partial charge in [-0.3, -0.25) is 0 Å². The van der Waals surface area contributed by atoms with Crippen LogP contribution in [0.15, 0.2) is 29.4 Å². The summed E-state index contributed by atoms with van der Waals surface area (Å²) in [4.78, 5) is 8.36. The third-order valence-corrected chi connectivity index (χ3v) is 3.47. The van der Waals surface area contributed by atoms with E-state index in [1.165, 1.54) is 23.9 Å². The second kappa shape index (κ2) is 5.54. The second-order valence-electron chi connectivity index (χ2n) is 3.74. The van der Waals surface area contributed by atoms with Crippen molar-refractivity contribution in [3.8, 4) is 0 Å². The Balaban J connectivity index is 2.11. The van der Waals surface area contributed by atoms with E-state index in [0.717, 1.165) is 11.3 Å². The number of anilines is 1. The van der Waals surface area contributed by atoms with Gasteiger partial charge in [-0.25, -0.2) is 14.4 Å². The number of nitrogens with two attached hydrogens (primary N) is 1. The van der Waals surface area contributed by atoms with E-state index >= 15 is 0 Å². The van der Waals surface area contributed by atoms with Crippen molar-refractivity contribution in [2.24, 2.45) is 0 Å². The van der Waals surface area contributed by atoms with E-state index in [0.29, 0.717) is 21.7 Å². The fraction of sp³-hybridized carbons (Fsp3) is 0.167. The molecule has 2 N–H and O–H groups in total. The molecule has 94 valence electrons. The molecule has 0 aliphatic heterocycles. The highest BCUT2D eigenvalue weighted by Crippen LogP contribution is 2.25. The molecule has 0 bridgehead atoms. The van der Waals surface area contributed by atoms with Gasteiger partial charge in [-0.1, -0.05) is 29.4 Å². The van der Waals surface area contributed by atoms with E-state index in [-0.39, 0.29) is 5.82 Å². The van der Waals surface area contributed by atoms with Gasteiger partial charge in [0.15, 0.2) is 5.16 Å². The SMILES string of the molecule is Cc1cc(N)nc(SCc2ccc(F)cc2Cl)n1. The second-order valence-corrected chi connectivity index (χ2v) is 5.09. The molecule has 0 saturated carbocycles. The van der Waals surface area contributed by atoms with Crippen LogP contribution in [0, 0.1) is 12.7 Å². The summed E-state index contributed by atoms with van der Waals surface area (Å²) in [6, 6.07) is 6.04. The van der Waals surface area contributed by atoms with Crippen molar-refractivity contribution in [2.75, 3.05) is 5.73 Å². The summed E-state index contributed by atoms with van der Waals surface area (Å²) in [5.74, 6) is 0.669. The maximum absolute atomic E-state index is 12.9. The number of hydrogen-bond acceptors (Lipinski definition) is 4. The molecule has 0 unspecified atom stereocenters. The average molecular weight is 284 g/mol. The third kappa shape index (κ3) is 3.34. The molecule has 6 heteroatoms. The lowest BCUT2D eigenvalue weighted by molar-refractivity contribution is 0.627. The fourth-order valence-corrected chi connectivity index (χ4v) is 2.64. The van der Waals surface area contributed by atoms with Crippen LogP contribution in [0.3, 0.4) is 0 Å². The van der Waals surface area contributed by atoms with Gasteiger partial charge in [0.1, 0.15) is 11.6 Å². The number of rotatable bonds is 3. The zero-order chi connectivity index (χ0) is 13.1. The van der Waals surface area contributed by atoms with Crippen LogP contribution in [0.25, 0.3) is 0 Å². The Kier molecular flexibility index (Phi) is 4.04. The lowest BCUT2D eigenvalue weighted by Crippen LogP contribution is -1.96. The first-order valence-corrected chi connectivity index (χ1v) is 6.59. The number of nitrogens with zero attached hydrogens (tertiary/aromatic N) is 2. The molecular formula is C12H11ClFN3S. The van der Waals surface area contributed by atoms with Gasteiger partial charge >= 0.3 is 0 Å². The monoisotopic (exact) mass is 283 g/mol. The van der Waals surface area contributed by atoms with Crippen molar-refractivity contribution >= 4 is 29.2 Å². The van der Waals surface area contributed by atoms with Crippen molar-refractivity contribution in [2.45, 2.75) is 17.8 Å². The standard InChI is InChI=1S/C12H11ClFN3S/c1-7-4-11(15)17-12(16-7)18-6-8-2-3-9(14)5-10(8)13/h2-5H,6H2,1H3,(H2,15,16,17). The molecule has 0 saturated heterocycles. The van der Waals surface area contributed by atoms with Gasteiger partial charge in [-0.05, 0) is 24.6 Å². The summed E-state index contributed by atoms with van der Waals surface area (Å²) < 4.78 is 12.9. The predicted octanol–water partition coefficient (Wildman–Crippen LogP) is 3.45. The molecule has 0 fully saturated rings. The summed E-state index contributed by atoms with van der Waals surface area (Å²) >= 11 is 7.35. The molecule has 0 amide bonds. The number of nitrogen functional groups attached to an aromatic ring is 1. The van der Waals surface area contributed by atoms with E-state index in [4.69, 9.17) is 17.3 Å². The molecule has 3 nitrogen and oxygen atoms in total. The van der Waals surface area contributed by atoms with Crippen LogP contribution in [0.1, 0.15) is 11.3 Å². The van der Waals surface area contributed by atoms with Crippen LogP contribution >= 0.6 is 23.4 Å². The molecule has 1 aromatic heterocycles. The number of aromatic nitrogens is 2. The molecule has 0 aliphatic rings. The smallest absolute Gasteiger partial charge is 0.190 e. The van der Waals surface area contributed by atoms with E-state index < -0.39 is 0 Å². The molecular weight excluding hydrogens is 273 g/mol. The van der Waals surface area contributed by atoms with Crippen LogP contribution in [0.2, 0.25) is 5.02 Å². The van der Waals surface area contributed by atoms with Crippen LogP contribution in [-0.2, 0) is 5.75 Å². The van der Waals surface area contributed by atoms with Crippen molar-refractivity contribution in [1.29, 1.82) is 0 Å². The summed E-state index contributed by atoms with van der Waals surface area (Å²) in [6.45, 7) is 1.85. The minimum atomic E-state index is -0.343. The summed E-state index contributed by atoms with van der Waals surface area (Å²) in [5.41, 5.74) is 7.29. The maximum Gasteiger partial charge on any atom is 0.190 e. The Morgan fingerprint density at radius 1 is 1.33 bits per heavy atom. The minimum absolute atomic E-state index is 0.343. The normalized spacial score (nSPS) is 10.6. The number of halogens is 2. The lowest BCUT2D eigenvalue weighted by atomic mass is 10.2.